The van der Waals surface area contributed by atoms with Crippen molar-refractivity contribution in [3.63, 3.8) is 0 Å². The van der Waals surface area contributed by atoms with E-state index in [-0.39, 0.29) is 17.4 Å². The minimum absolute atomic E-state index is 0.287. The normalized spacial score (nSPS) is 13.6. The SMILES string of the molecule is CC(C)(C)N1C(=O)c2ccc(NC(=O)Nc3cccc4cccnc34)cc2C1=O. The van der Waals surface area contributed by atoms with Crippen LogP contribution in [0.4, 0.5) is 16.2 Å². The van der Waals surface area contributed by atoms with Gasteiger partial charge in [-0.3, -0.25) is 19.5 Å². The second-order valence-electron chi connectivity index (χ2n) is 7.84. The minimum Gasteiger partial charge on any atom is -0.308 e. The Bertz CT molecular complexity index is 1160. The van der Waals surface area contributed by atoms with Crippen molar-refractivity contribution in [2.45, 2.75) is 26.3 Å². The second kappa shape index (κ2) is 6.70. The fraction of sp³-hybridized carbons (Fsp3) is 0.182. The van der Waals surface area contributed by atoms with Crippen LogP contribution in [-0.4, -0.2) is 33.3 Å². The molecule has 0 saturated heterocycles. The van der Waals surface area contributed by atoms with Gasteiger partial charge >= 0.3 is 6.03 Å². The Labute approximate surface area is 167 Å². The van der Waals surface area contributed by atoms with Crippen LogP contribution in [0.15, 0.2) is 54.7 Å². The number of hydrogen-bond donors (Lipinski definition) is 2. The number of hydrogen-bond acceptors (Lipinski definition) is 4. The van der Waals surface area contributed by atoms with E-state index < -0.39 is 11.6 Å². The molecule has 0 bridgehead atoms. The van der Waals surface area contributed by atoms with E-state index in [0.29, 0.717) is 22.5 Å². The maximum absolute atomic E-state index is 12.7. The van der Waals surface area contributed by atoms with Gasteiger partial charge < -0.3 is 10.6 Å². The average molecular weight is 388 g/mol. The smallest absolute Gasteiger partial charge is 0.308 e. The fourth-order valence-corrected chi connectivity index (χ4v) is 3.42. The molecule has 2 heterocycles. The number of pyridine rings is 1. The van der Waals surface area contributed by atoms with Crippen molar-refractivity contribution >= 4 is 40.1 Å². The maximum Gasteiger partial charge on any atom is 0.323 e. The Hall–Kier alpha value is -3.74. The van der Waals surface area contributed by atoms with Gasteiger partial charge in [0.05, 0.1) is 22.3 Å². The van der Waals surface area contributed by atoms with Gasteiger partial charge in [-0.1, -0.05) is 18.2 Å². The van der Waals surface area contributed by atoms with E-state index in [2.05, 4.69) is 15.6 Å². The van der Waals surface area contributed by atoms with E-state index in [4.69, 9.17) is 0 Å². The summed E-state index contributed by atoms with van der Waals surface area (Å²) in [6.07, 6.45) is 1.66. The molecule has 2 aromatic carbocycles. The lowest BCUT2D eigenvalue weighted by molar-refractivity contribution is 0.0507. The molecule has 7 nitrogen and oxygen atoms in total. The van der Waals surface area contributed by atoms with Gasteiger partial charge in [0, 0.05) is 22.8 Å². The standard InChI is InChI=1S/C22H20N4O3/c1-22(2,3)26-19(27)15-10-9-14(12-16(15)20(26)28)24-21(29)25-17-8-4-6-13-7-5-11-23-18(13)17/h4-12H,1-3H3,(H2,24,25,29). The van der Waals surface area contributed by atoms with E-state index >= 15 is 0 Å². The van der Waals surface area contributed by atoms with Crippen LogP contribution in [0.3, 0.4) is 0 Å². The highest BCUT2D eigenvalue weighted by Gasteiger charge is 2.41. The first-order valence-corrected chi connectivity index (χ1v) is 9.20. The zero-order valence-corrected chi connectivity index (χ0v) is 16.3. The van der Waals surface area contributed by atoms with Crippen molar-refractivity contribution in [3.8, 4) is 0 Å². The van der Waals surface area contributed by atoms with Gasteiger partial charge in [0.1, 0.15) is 0 Å². The Kier molecular flexibility index (Phi) is 4.30. The maximum atomic E-state index is 12.7. The molecule has 3 aromatic rings. The van der Waals surface area contributed by atoms with E-state index in [1.54, 1.807) is 45.2 Å². The topological polar surface area (TPSA) is 91.4 Å². The van der Waals surface area contributed by atoms with E-state index in [0.717, 1.165) is 5.39 Å². The highest BCUT2D eigenvalue weighted by molar-refractivity contribution is 6.22. The summed E-state index contributed by atoms with van der Waals surface area (Å²) in [4.78, 5) is 43.3. The first-order chi connectivity index (χ1) is 13.8. The third-order valence-electron chi connectivity index (χ3n) is 4.70. The highest BCUT2D eigenvalue weighted by atomic mass is 16.2. The van der Waals surface area contributed by atoms with Crippen molar-refractivity contribution in [2.75, 3.05) is 10.6 Å². The predicted octanol–water partition coefficient (Wildman–Crippen LogP) is 4.27. The van der Waals surface area contributed by atoms with E-state index in [1.165, 1.54) is 11.0 Å². The first kappa shape index (κ1) is 18.6. The number of nitrogens with zero attached hydrogens (tertiary/aromatic N) is 2. The highest BCUT2D eigenvalue weighted by Crippen LogP contribution is 2.31. The van der Waals surface area contributed by atoms with Crippen molar-refractivity contribution in [1.82, 2.24) is 9.88 Å². The quantitative estimate of drug-likeness (QED) is 0.641. The average Bonchev–Trinajstić information content (AvgIpc) is 2.92. The Morgan fingerprint density at radius 3 is 2.41 bits per heavy atom. The summed E-state index contributed by atoms with van der Waals surface area (Å²) in [5, 5.41) is 6.40. The van der Waals surface area contributed by atoms with Crippen molar-refractivity contribution in [2.24, 2.45) is 0 Å². The van der Waals surface area contributed by atoms with Gasteiger partial charge in [-0.15, -0.1) is 0 Å². The van der Waals surface area contributed by atoms with Crippen LogP contribution in [0.2, 0.25) is 0 Å². The lowest BCUT2D eigenvalue weighted by Gasteiger charge is -2.29. The number of aromatic nitrogens is 1. The van der Waals surface area contributed by atoms with Crippen molar-refractivity contribution < 1.29 is 14.4 Å². The monoisotopic (exact) mass is 388 g/mol. The van der Waals surface area contributed by atoms with Crippen LogP contribution < -0.4 is 10.6 Å². The number of para-hydroxylation sites is 1. The molecule has 2 N–H and O–H groups in total. The summed E-state index contributed by atoms with van der Waals surface area (Å²) in [6.45, 7) is 5.42. The molecule has 0 fully saturated rings. The van der Waals surface area contributed by atoms with Crippen LogP contribution in [0, 0.1) is 0 Å². The zero-order valence-electron chi connectivity index (χ0n) is 16.3. The van der Waals surface area contributed by atoms with Crippen LogP contribution >= 0.6 is 0 Å². The summed E-state index contributed by atoms with van der Waals surface area (Å²) in [7, 11) is 0. The van der Waals surface area contributed by atoms with Gasteiger partial charge in [-0.05, 0) is 51.1 Å². The lowest BCUT2D eigenvalue weighted by atomic mass is 10.1. The molecule has 0 saturated carbocycles. The summed E-state index contributed by atoms with van der Waals surface area (Å²) < 4.78 is 0. The number of urea groups is 1. The number of rotatable bonds is 2. The van der Waals surface area contributed by atoms with Gasteiger partial charge in [0.2, 0.25) is 0 Å². The summed E-state index contributed by atoms with van der Waals surface area (Å²) in [5.74, 6) is -0.685. The second-order valence-corrected chi connectivity index (χ2v) is 7.84. The number of nitrogens with one attached hydrogen (secondary N) is 2. The van der Waals surface area contributed by atoms with Crippen LogP contribution in [0.5, 0.6) is 0 Å². The molecule has 7 heteroatoms. The summed E-state index contributed by atoms with van der Waals surface area (Å²) >= 11 is 0. The lowest BCUT2D eigenvalue weighted by Crippen LogP contribution is -2.45. The van der Waals surface area contributed by atoms with E-state index in [1.807, 2.05) is 24.3 Å². The Balaban J connectivity index is 1.56. The molecule has 0 radical (unpaired) electrons. The number of carbonyl (C=O) groups excluding carboxylic acids is 3. The van der Waals surface area contributed by atoms with Crippen LogP contribution in [0.1, 0.15) is 41.5 Å². The summed E-state index contributed by atoms with van der Waals surface area (Å²) in [5.41, 5.74) is 1.68. The molecule has 0 aliphatic carbocycles. The van der Waals surface area contributed by atoms with Crippen molar-refractivity contribution in [3.05, 3.63) is 65.9 Å². The summed E-state index contributed by atoms with van der Waals surface area (Å²) in [6, 6.07) is 13.5. The molecule has 0 atom stereocenters. The van der Waals surface area contributed by atoms with Crippen LogP contribution in [-0.2, 0) is 0 Å². The fourth-order valence-electron chi connectivity index (χ4n) is 3.42. The molecular formula is C22H20N4O3. The number of benzene rings is 2. The molecule has 1 aliphatic heterocycles. The first-order valence-electron chi connectivity index (χ1n) is 9.20. The third-order valence-corrected chi connectivity index (χ3v) is 4.70. The van der Waals surface area contributed by atoms with Gasteiger partial charge in [-0.25, -0.2) is 4.79 Å². The third kappa shape index (κ3) is 3.31. The molecule has 146 valence electrons. The van der Waals surface area contributed by atoms with Crippen molar-refractivity contribution in [1.29, 1.82) is 0 Å². The number of amides is 4. The molecule has 1 aromatic heterocycles. The molecule has 29 heavy (non-hydrogen) atoms. The van der Waals surface area contributed by atoms with Crippen LogP contribution in [0.25, 0.3) is 10.9 Å². The Morgan fingerprint density at radius 1 is 0.931 bits per heavy atom. The number of carbonyl (C=O) groups is 3. The number of fused-ring (bicyclic) bond motifs is 2. The molecular weight excluding hydrogens is 368 g/mol. The zero-order chi connectivity index (χ0) is 20.8. The molecule has 0 spiro atoms. The molecule has 4 amide bonds. The van der Waals surface area contributed by atoms with Gasteiger partial charge in [0.15, 0.2) is 0 Å². The number of anilines is 2. The van der Waals surface area contributed by atoms with E-state index in [9.17, 15) is 14.4 Å². The molecule has 1 aliphatic rings. The predicted molar refractivity (Wildman–Crippen MR) is 111 cm³/mol. The Morgan fingerprint density at radius 2 is 1.66 bits per heavy atom. The van der Waals surface area contributed by atoms with Gasteiger partial charge in [0.25, 0.3) is 11.8 Å². The molecule has 4 rings (SSSR count). The largest absolute Gasteiger partial charge is 0.323 e. The number of imide groups is 1. The molecule has 0 unspecified atom stereocenters. The van der Waals surface area contributed by atoms with Gasteiger partial charge in [-0.2, -0.15) is 0 Å². The minimum atomic E-state index is -0.625.